The molecule has 2 aromatic rings. The first kappa shape index (κ1) is 18.3. The maximum absolute atomic E-state index is 14.8. The first-order valence-electron chi connectivity index (χ1n) is 9.01. The number of halogens is 1. The summed E-state index contributed by atoms with van der Waals surface area (Å²) in [6.07, 6.45) is 4.00. The van der Waals surface area contributed by atoms with Crippen LogP contribution in [0.15, 0.2) is 36.5 Å². The molecule has 3 rings (SSSR count). The van der Waals surface area contributed by atoms with E-state index in [0.29, 0.717) is 23.7 Å². The molecule has 2 N–H and O–H groups in total. The van der Waals surface area contributed by atoms with E-state index in [-0.39, 0.29) is 11.5 Å². The Balaban J connectivity index is 1.65. The lowest BCUT2D eigenvalue weighted by Crippen LogP contribution is -2.34. The fourth-order valence-corrected chi connectivity index (χ4v) is 3.38. The SMILES string of the molecule is Cc1cc(NC(=O)Nc2cccc(CN3CCC[C@H](C)C3)c2F)ccn1. The molecule has 1 aromatic heterocycles. The number of hydrogen-bond donors (Lipinski definition) is 2. The van der Waals surface area contributed by atoms with Gasteiger partial charge in [-0.05, 0) is 50.4 Å². The molecule has 1 aliphatic rings. The zero-order chi connectivity index (χ0) is 18.5. The number of carbonyl (C=O) groups is 1. The van der Waals surface area contributed by atoms with Crippen molar-refractivity contribution in [3.63, 3.8) is 0 Å². The minimum Gasteiger partial charge on any atom is -0.308 e. The fourth-order valence-electron chi connectivity index (χ4n) is 3.38. The molecule has 1 fully saturated rings. The number of carbonyl (C=O) groups excluding carboxylic acids is 1. The summed E-state index contributed by atoms with van der Waals surface area (Å²) in [6, 6.07) is 8.11. The van der Waals surface area contributed by atoms with Crippen molar-refractivity contribution in [1.29, 1.82) is 0 Å². The molecule has 0 saturated carbocycles. The molecule has 1 aromatic carbocycles. The van der Waals surface area contributed by atoms with Gasteiger partial charge in [0.25, 0.3) is 0 Å². The average Bonchev–Trinajstić information content (AvgIpc) is 2.58. The number of benzene rings is 1. The Hall–Kier alpha value is -2.47. The molecule has 0 radical (unpaired) electrons. The number of pyridine rings is 1. The van der Waals surface area contributed by atoms with Gasteiger partial charge < -0.3 is 10.6 Å². The molecule has 0 bridgehead atoms. The van der Waals surface area contributed by atoms with Crippen LogP contribution in [-0.2, 0) is 6.54 Å². The minimum absolute atomic E-state index is 0.191. The molecule has 26 heavy (non-hydrogen) atoms. The van der Waals surface area contributed by atoms with E-state index in [1.165, 1.54) is 6.42 Å². The van der Waals surface area contributed by atoms with Gasteiger partial charge in [-0.3, -0.25) is 9.88 Å². The van der Waals surface area contributed by atoms with E-state index < -0.39 is 6.03 Å². The molecule has 6 heteroatoms. The second-order valence-corrected chi connectivity index (χ2v) is 7.03. The smallest absolute Gasteiger partial charge is 0.308 e. The second-order valence-electron chi connectivity index (χ2n) is 7.03. The Morgan fingerprint density at radius 3 is 2.96 bits per heavy atom. The number of likely N-dealkylation sites (tertiary alicyclic amines) is 1. The summed E-state index contributed by atoms with van der Waals surface area (Å²) in [5.74, 6) is 0.273. The van der Waals surface area contributed by atoms with Crippen molar-refractivity contribution in [2.24, 2.45) is 5.92 Å². The number of rotatable bonds is 4. The summed E-state index contributed by atoms with van der Waals surface area (Å²) in [5.41, 5.74) is 2.22. The molecule has 1 atom stereocenters. The number of aromatic nitrogens is 1. The summed E-state index contributed by atoms with van der Waals surface area (Å²) in [7, 11) is 0. The van der Waals surface area contributed by atoms with E-state index >= 15 is 0 Å². The van der Waals surface area contributed by atoms with Crippen LogP contribution in [0, 0.1) is 18.7 Å². The van der Waals surface area contributed by atoms with Gasteiger partial charge in [0, 0.05) is 36.2 Å². The Labute approximate surface area is 153 Å². The van der Waals surface area contributed by atoms with Gasteiger partial charge in [-0.1, -0.05) is 19.1 Å². The zero-order valence-corrected chi connectivity index (χ0v) is 15.3. The molecule has 1 saturated heterocycles. The van der Waals surface area contributed by atoms with Crippen molar-refractivity contribution in [2.75, 3.05) is 23.7 Å². The predicted octanol–water partition coefficient (Wildman–Crippen LogP) is 4.41. The van der Waals surface area contributed by atoms with E-state index in [0.717, 1.165) is 25.2 Å². The largest absolute Gasteiger partial charge is 0.323 e. The molecule has 5 nitrogen and oxygen atoms in total. The van der Waals surface area contributed by atoms with Crippen molar-refractivity contribution < 1.29 is 9.18 Å². The summed E-state index contributed by atoms with van der Waals surface area (Å²) >= 11 is 0. The minimum atomic E-state index is -0.474. The van der Waals surface area contributed by atoms with Crippen LogP contribution in [0.5, 0.6) is 0 Å². The van der Waals surface area contributed by atoms with Gasteiger partial charge in [0.05, 0.1) is 5.69 Å². The van der Waals surface area contributed by atoms with Gasteiger partial charge >= 0.3 is 6.03 Å². The Morgan fingerprint density at radius 2 is 2.19 bits per heavy atom. The number of amides is 2. The van der Waals surface area contributed by atoms with E-state index in [4.69, 9.17) is 0 Å². The standard InChI is InChI=1S/C20H25FN4O/c1-14-5-4-10-25(12-14)13-16-6-3-7-18(19(16)21)24-20(26)23-17-8-9-22-15(2)11-17/h3,6-9,11,14H,4-5,10,12-13H2,1-2H3,(H2,22,23,24,26)/t14-/m0/s1. The number of piperidine rings is 1. The number of aryl methyl sites for hydroxylation is 1. The molecule has 138 valence electrons. The third-order valence-corrected chi connectivity index (χ3v) is 4.62. The highest BCUT2D eigenvalue weighted by atomic mass is 19.1. The zero-order valence-electron chi connectivity index (χ0n) is 15.3. The molecule has 0 spiro atoms. The van der Waals surface area contributed by atoms with Gasteiger partial charge in [-0.15, -0.1) is 0 Å². The van der Waals surface area contributed by atoms with Crippen LogP contribution in [0.3, 0.4) is 0 Å². The molecule has 2 amide bonds. The normalized spacial score (nSPS) is 17.7. The summed E-state index contributed by atoms with van der Waals surface area (Å²) in [5, 5.41) is 5.30. The van der Waals surface area contributed by atoms with Crippen LogP contribution in [0.2, 0.25) is 0 Å². The van der Waals surface area contributed by atoms with Gasteiger partial charge in [-0.2, -0.15) is 0 Å². The van der Waals surface area contributed by atoms with E-state index in [9.17, 15) is 9.18 Å². The third-order valence-electron chi connectivity index (χ3n) is 4.62. The number of anilines is 2. The monoisotopic (exact) mass is 356 g/mol. The number of hydrogen-bond acceptors (Lipinski definition) is 3. The molecule has 0 unspecified atom stereocenters. The third kappa shape index (κ3) is 4.79. The Morgan fingerprint density at radius 1 is 1.35 bits per heavy atom. The quantitative estimate of drug-likeness (QED) is 0.853. The predicted molar refractivity (Wildman–Crippen MR) is 102 cm³/mol. The van der Waals surface area contributed by atoms with Crippen LogP contribution in [-0.4, -0.2) is 29.0 Å². The summed E-state index contributed by atoms with van der Waals surface area (Å²) < 4.78 is 14.8. The van der Waals surface area contributed by atoms with Crippen molar-refractivity contribution >= 4 is 17.4 Å². The molecule has 0 aliphatic carbocycles. The van der Waals surface area contributed by atoms with E-state index in [1.54, 1.807) is 36.5 Å². The van der Waals surface area contributed by atoms with Crippen molar-refractivity contribution in [3.05, 3.63) is 53.6 Å². The molecular weight excluding hydrogens is 331 g/mol. The van der Waals surface area contributed by atoms with Crippen molar-refractivity contribution in [2.45, 2.75) is 33.2 Å². The van der Waals surface area contributed by atoms with Crippen LogP contribution in [0.1, 0.15) is 31.0 Å². The first-order valence-corrected chi connectivity index (χ1v) is 9.01. The Bertz CT molecular complexity index is 780. The first-order chi connectivity index (χ1) is 12.5. The second kappa shape index (κ2) is 8.27. The highest BCUT2D eigenvalue weighted by Crippen LogP contribution is 2.23. The lowest BCUT2D eigenvalue weighted by atomic mass is 9.99. The summed E-state index contributed by atoms with van der Waals surface area (Å²) in [4.78, 5) is 18.5. The lowest BCUT2D eigenvalue weighted by Gasteiger charge is -2.31. The fraction of sp³-hybridized carbons (Fsp3) is 0.400. The van der Waals surface area contributed by atoms with Crippen molar-refractivity contribution in [3.8, 4) is 0 Å². The van der Waals surface area contributed by atoms with Gasteiger partial charge in [-0.25, -0.2) is 9.18 Å². The Kier molecular flexibility index (Phi) is 5.83. The van der Waals surface area contributed by atoms with Crippen LogP contribution >= 0.6 is 0 Å². The number of urea groups is 1. The molecular formula is C20H25FN4O. The molecule has 1 aliphatic heterocycles. The number of nitrogens with zero attached hydrogens (tertiary/aromatic N) is 2. The van der Waals surface area contributed by atoms with E-state index in [2.05, 4.69) is 27.4 Å². The summed E-state index contributed by atoms with van der Waals surface area (Å²) in [6.45, 7) is 6.61. The van der Waals surface area contributed by atoms with Crippen LogP contribution < -0.4 is 10.6 Å². The van der Waals surface area contributed by atoms with Crippen LogP contribution in [0.4, 0.5) is 20.6 Å². The van der Waals surface area contributed by atoms with Gasteiger partial charge in [0.2, 0.25) is 0 Å². The lowest BCUT2D eigenvalue weighted by molar-refractivity contribution is 0.175. The van der Waals surface area contributed by atoms with Crippen molar-refractivity contribution in [1.82, 2.24) is 9.88 Å². The van der Waals surface area contributed by atoms with Gasteiger partial charge in [0.15, 0.2) is 5.82 Å². The van der Waals surface area contributed by atoms with Crippen LogP contribution in [0.25, 0.3) is 0 Å². The number of nitrogens with one attached hydrogen (secondary N) is 2. The van der Waals surface area contributed by atoms with Gasteiger partial charge in [0.1, 0.15) is 0 Å². The molecule has 2 heterocycles. The highest BCUT2D eigenvalue weighted by Gasteiger charge is 2.19. The topological polar surface area (TPSA) is 57.3 Å². The highest BCUT2D eigenvalue weighted by molar-refractivity contribution is 5.99. The maximum Gasteiger partial charge on any atom is 0.323 e. The maximum atomic E-state index is 14.8. The van der Waals surface area contributed by atoms with E-state index in [1.807, 2.05) is 6.92 Å². The average molecular weight is 356 g/mol.